The third-order valence-electron chi connectivity index (χ3n) is 2.68. The van der Waals surface area contributed by atoms with Gasteiger partial charge in [0.2, 0.25) is 0 Å². The number of rotatable bonds is 0. The molecule has 0 bridgehead atoms. The minimum Gasteiger partial charge on any atom is -0.369 e. The van der Waals surface area contributed by atoms with Gasteiger partial charge >= 0.3 is 0 Å². The summed E-state index contributed by atoms with van der Waals surface area (Å²) in [6.45, 7) is 1.30. The van der Waals surface area contributed by atoms with Gasteiger partial charge in [-0.2, -0.15) is 14.6 Å². The summed E-state index contributed by atoms with van der Waals surface area (Å²) in [6.07, 6.45) is 0. The highest BCUT2D eigenvalue weighted by molar-refractivity contribution is 5.75. The highest BCUT2D eigenvalue weighted by Gasteiger charge is 2.27. The lowest BCUT2D eigenvalue weighted by molar-refractivity contribution is 0.475. The number of aromatic nitrogens is 1. The molecule has 0 amide bonds. The molecule has 4 nitrogen and oxygen atoms in total. The van der Waals surface area contributed by atoms with Crippen LogP contribution >= 0.6 is 0 Å². The predicted molar refractivity (Wildman–Crippen MR) is 55.4 cm³/mol. The van der Waals surface area contributed by atoms with Gasteiger partial charge in [-0.1, -0.05) is 0 Å². The monoisotopic (exact) mass is 224 g/mol. The Balaban J connectivity index is 2.75. The summed E-state index contributed by atoms with van der Waals surface area (Å²) >= 11 is 0. The minimum atomic E-state index is -1.22. The van der Waals surface area contributed by atoms with Gasteiger partial charge in [-0.05, 0) is 0 Å². The highest BCUT2D eigenvalue weighted by atomic mass is 19.2. The number of nitriles is 1. The topological polar surface area (TPSA) is 43.2 Å². The molecule has 1 aromatic rings. The second kappa shape index (κ2) is 3.59. The molecule has 1 aliphatic heterocycles. The molecular formula is C10H10F2N4. The van der Waals surface area contributed by atoms with Crippen molar-refractivity contribution >= 4 is 11.5 Å². The van der Waals surface area contributed by atoms with E-state index in [4.69, 9.17) is 5.26 Å². The van der Waals surface area contributed by atoms with Crippen LogP contribution in [0.2, 0.25) is 0 Å². The van der Waals surface area contributed by atoms with Crippen LogP contribution in [0.1, 0.15) is 5.56 Å². The van der Waals surface area contributed by atoms with E-state index in [0.717, 1.165) is 0 Å². The molecule has 0 aromatic carbocycles. The first-order chi connectivity index (χ1) is 7.56. The van der Waals surface area contributed by atoms with Crippen LogP contribution in [0.15, 0.2) is 0 Å². The smallest absolute Gasteiger partial charge is 0.252 e. The number of nitrogens with zero attached hydrogens (tertiary/aromatic N) is 4. The third-order valence-corrected chi connectivity index (χ3v) is 2.68. The van der Waals surface area contributed by atoms with Gasteiger partial charge in [-0.3, -0.25) is 0 Å². The van der Waals surface area contributed by atoms with E-state index < -0.39 is 11.8 Å². The molecular weight excluding hydrogens is 214 g/mol. The molecule has 0 N–H and O–H groups in total. The zero-order chi connectivity index (χ0) is 11.9. The molecule has 2 rings (SSSR count). The molecule has 0 saturated heterocycles. The van der Waals surface area contributed by atoms with Crippen LogP contribution in [-0.2, 0) is 0 Å². The number of hydrogen-bond donors (Lipinski definition) is 0. The summed E-state index contributed by atoms with van der Waals surface area (Å²) in [6, 6.07) is 1.69. The van der Waals surface area contributed by atoms with Gasteiger partial charge in [0.1, 0.15) is 17.3 Å². The number of pyridine rings is 1. The van der Waals surface area contributed by atoms with Gasteiger partial charge in [-0.25, -0.2) is 4.39 Å². The van der Waals surface area contributed by atoms with Crippen LogP contribution < -0.4 is 9.80 Å². The van der Waals surface area contributed by atoms with E-state index >= 15 is 0 Å². The zero-order valence-electron chi connectivity index (χ0n) is 8.96. The lowest BCUT2D eigenvalue weighted by Crippen LogP contribution is -2.38. The van der Waals surface area contributed by atoms with E-state index in [2.05, 4.69) is 4.98 Å². The van der Waals surface area contributed by atoms with E-state index in [1.807, 2.05) is 0 Å². The van der Waals surface area contributed by atoms with Crippen LogP contribution in [0.3, 0.4) is 0 Å². The number of fused-ring (bicyclic) bond motifs is 1. The molecule has 0 spiro atoms. The lowest BCUT2D eigenvalue weighted by Gasteiger charge is -2.34. The second-order valence-corrected chi connectivity index (χ2v) is 3.72. The van der Waals surface area contributed by atoms with Crippen molar-refractivity contribution in [2.45, 2.75) is 0 Å². The largest absolute Gasteiger partial charge is 0.369 e. The molecule has 2 heterocycles. The Morgan fingerprint density at radius 3 is 2.50 bits per heavy atom. The summed E-state index contributed by atoms with van der Waals surface area (Å²) < 4.78 is 26.6. The average Bonchev–Trinajstić information content (AvgIpc) is 2.26. The number of likely N-dealkylation sites (N-methyl/N-ethyl adjacent to an activating group) is 2. The van der Waals surface area contributed by atoms with Crippen molar-refractivity contribution < 1.29 is 8.78 Å². The van der Waals surface area contributed by atoms with Gasteiger partial charge in [0.05, 0.1) is 0 Å². The number of hydrogen-bond acceptors (Lipinski definition) is 4. The Kier molecular flexibility index (Phi) is 2.38. The summed E-state index contributed by atoms with van der Waals surface area (Å²) in [5.41, 5.74) is 0.0756. The maximum Gasteiger partial charge on any atom is 0.252 e. The van der Waals surface area contributed by atoms with Gasteiger partial charge in [0.25, 0.3) is 5.95 Å². The Bertz CT molecular complexity index is 481. The van der Waals surface area contributed by atoms with Crippen LogP contribution in [0.25, 0.3) is 0 Å². The third kappa shape index (κ3) is 1.36. The molecule has 16 heavy (non-hydrogen) atoms. The van der Waals surface area contributed by atoms with Crippen molar-refractivity contribution in [3.05, 3.63) is 17.3 Å². The molecule has 6 heteroatoms. The molecule has 0 saturated carbocycles. The number of halogens is 2. The first-order valence-corrected chi connectivity index (χ1v) is 4.77. The van der Waals surface area contributed by atoms with Crippen molar-refractivity contribution in [3.63, 3.8) is 0 Å². The van der Waals surface area contributed by atoms with Crippen LogP contribution in [-0.4, -0.2) is 32.2 Å². The van der Waals surface area contributed by atoms with Crippen molar-refractivity contribution in [1.29, 1.82) is 5.26 Å². The minimum absolute atomic E-state index is 0.281. The fourth-order valence-corrected chi connectivity index (χ4v) is 1.76. The first-order valence-electron chi connectivity index (χ1n) is 4.77. The summed E-state index contributed by atoms with van der Waals surface area (Å²) in [5.74, 6) is -2.09. The van der Waals surface area contributed by atoms with Gasteiger partial charge in [0, 0.05) is 27.2 Å². The van der Waals surface area contributed by atoms with E-state index in [-0.39, 0.29) is 5.56 Å². The van der Waals surface area contributed by atoms with Crippen LogP contribution in [0.5, 0.6) is 0 Å². The molecule has 0 radical (unpaired) electrons. The Morgan fingerprint density at radius 2 is 1.88 bits per heavy atom. The average molecular weight is 224 g/mol. The standard InChI is InChI=1S/C10H10F2N4/c1-15-3-4-16(2)10-8(15)6(5-13)7(11)9(12)14-10/h3-4H2,1-2H3. The normalized spacial score (nSPS) is 14.7. The predicted octanol–water partition coefficient (Wildman–Crippen LogP) is 1.12. The quantitative estimate of drug-likeness (QED) is 0.619. The SMILES string of the molecule is CN1CCN(C)c2c1nc(F)c(F)c2C#N. The number of anilines is 2. The van der Waals surface area contributed by atoms with E-state index in [1.54, 1.807) is 30.0 Å². The van der Waals surface area contributed by atoms with Crippen molar-refractivity contribution in [3.8, 4) is 6.07 Å². The lowest BCUT2D eigenvalue weighted by atomic mass is 10.1. The van der Waals surface area contributed by atoms with Crippen molar-refractivity contribution in [2.24, 2.45) is 0 Å². The molecule has 1 aliphatic rings. The molecule has 0 fully saturated rings. The first kappa shape index (κ1) is 10.6. The summed E-state index contributed by atoms with van der Waals surface area (Å²) in [7, 11) is 3.46. The van der Waals surface area contributed by atoms with Gasteiger partial charge in [0.15, 0.2) is 11.6 Å². The second-order valence-electron chi connectivity index (χ2n) is 3.72. The Hall–Kier alpha value is -1.90. The van der Waals surface area contributed by atoms with Crippen molar-refractivity contribution in [1.82, 2.24) is 4.98 Å². The molecule has 84 valence electrons. The maximum atomic E-state index is 13.4. The Labute approximate surface area is 91.7 Å². The highest BCUT2D eigenvalue weighted by Crippen LogP contribution is 2.34. The Morgan fingerprint density at radius 1 is 1.25 bits per heavy atom. The fourth-order valence-electron chi connectivity index (χ4n) is 1.76. The van der Waals surface area contributed by atoms with E-state index in [1.165, 1.54) is 0 Å². The molecule has 0 unspecified atom stereocenters. The van der Waals surface area contributed by atoms with E-state index in [0.29, 0.717) is 24.6 Å². The molecule has 1 aromatic heterocycles. The van der Waals surface area contributed by atoms with Crippen LogP contribution in [0, 0.1) is 23.1 Å². The van der Waals surface area contributed by atoms with Crippen molar-refractivity contribution in [2.75, 3.05) is 37.0 Å². The van der Waals surface area contributed by atoms with Crippen LogP contribution in [0.4, 0.5) is 20.3 Å². The molecule has 0 atom stereocenters. The van der Waals surface area contributed by atoms with Gasteiger partial charge < -0.3 is 9.80 Å². The maximum absolute atomic E-state index is 13.4. The fraction of sp³-hybridized carbons (Fsp3) is 0.400. The zero-order valence-corrected chi connectivity index (χ0v) is 8.96. The van der Waals surface area contributed by atoms with E-state index in [9.17, 15) is 8.78 Å². The summed E-state index contributed by atoms with van der Waals surface area (Å²) in [4.78, 5) is 6.96. The summed E-state index contributed by atoms with van der Waals surface area (Å²) in [5, 5.41) is 8.87. The molecule has 0 aliphatic carbocycles. The van der Waals surface area contributed by atoms with Gasteiger partial charge in [-0.15, -0.1) is 0 Å².